The number of fused-ring (bicyclic) bond motifs is 2. The molecule has 0 heterocycles. The summed E-state index contributed by atoms with van der Waals surface area (Å²) >= 11 is 0. The zero-order valence-electron chi connectivity index (χ0n) is 30.9. The molecule has 0 bridgehead atoms. The van der Waals surface area contributed by atoms with Gasteiger partial charge in [0.1, 0.15) is 6.10 Å². The molecule has 1 N–H and O–H groups in total. The Kier molecular flexibility index (Phi) is 10.4. The molecule has 0 saturated heterocycles. The molecule has 2 spiro atoms. The molecular formula is C42H72O3. The number of unbranched alkanes of at least 4 members (excludes halogenated alkanes) is 8. The Morgan fingerprint density at radius 1 is 0.822 bits per heavy atom. The van der Waals surface area contributed by atoms with E-state index in [2.05, 4.69) is 47.6 Å². The van der Waals surface area contributed by atoms with Gasteiger partial charge in [0, 0.05) is 11.8 Å². The normalized spacial score (nSPS) is 40.7. The third-order valence-corrected chi connectivity index (χ3v) is 15.6. The Morgan fingerprint density at radius 2 is 1.44 bits per heavy atom. The van der Waals surface area contributed by atoms with Crippen molar-refractivity contribution in [2.45, 2.75) is 196 Å². The quantitative estimate of drug-likeness (QED) is 0.112. The molecule has 5 aliphatic carbocycles. The summed E-state index contributed by atoms with van der Waals surface area (Å²) in [4.78, 5) is 13.0. The second-order valence-electron chi connectivity index (χ2n) is 18.8. The maximum absolute atomic E-state index is 13.0. The highest BCUT2D eigenvalue weighted by molar-refractivity contribution is 5.69. The number of carbonyl (C=O) groups is 1. The Balaban J connectivity index is 1.17. The van der Waals surface area contributed by atoms with Crippen LogP contribution in [0.25, 0.3) is 0 Å². The molecule has 258 valence electrons. The molecule has 3 nitrogen and oxygen atoms in total. The lowest BCUT2D eigenvalue weighted by Crippen LogP contribution is -2.58. The molecule has 0 aromatic carbocycles. The predicted octanol–water partition coefficient (Wildman–Crippen LogP) is 11.6. The van der Waals surface area contributed by atoms with E-state index >= 15 is 0 Å². The first-order valence-corrected chi connectivity index (χ1v) is 19.8. The minimum Gasteiger partial charge on any atom is -0.462 e. The second-order valence-corrected chi connectivity index (χ2v) is 18.8. The SMILES string of the molecule is CCCCCCCCCCCC(=O)O[C@H]1CC[C@]23C[C@]24CC[C@]2(C)[C@@H]([C@H](C)C/C=C/C(C)(C)O)CC[C@@]2(C)C4CCC3C1(C)C. The van der Waals surface area contributed by atoms with E-state index in [4.69, 9.17) is 4.74 Å². The van der Waals surface area contributed by atoms with Crippen LogP contribution < -0.4 is 0 Å². The minimum atomic E-state index is -0.720. The molecule has 3 heteroatoms. The topological polar surface area (TPSA) is 46.5 Å². The first-order valence-electron chi connectivity index (χ1n) is 19.8. The first-order chi connectivity index (χ1) is 21.2. The van der Waals surface area contributed by atoms with Crippen LogP contribution in [-0.4, -0.2) is 22.8 Å². The smallest absolute Gasteiger partial charge is 0.306 e. The summed E-state index contributed by atoms with van der Waals surface area (Å²) in [5.74, 6) is 3.04. The van der Waals surface area contributed by atoms with E-state index in [1.54, 1.807) is 0 Å². The van der Waals surface area contributed by atoms with Gasteiger partial charge in [-0.15, -0.1) is 0 Å². The highest BCUT2D eigenvalue weighted by atomic mass is 16.5. The van der Waals surface area contributed by atoms with Crippen molar-refractivity contribution in [3.8, 4) is 0 Å². The van der Waals surface area contributed by atoms with E-state index < -0.39 is 5.60 Å². The van der Waals surface area contributed by atoms with Gasteiger partial charge in [0.25, 0.3) is 0 Å². The van der Waals surface area contributed by atoms with Crippen LogP contribution in [0.5, 0.6) is 0 Å². The van der Waals surface area contributed by atoms with Crippen LogP contribution in [0.1, 0.15) is 184 Å². The summed E-state index contributed by atoms with van der Waals surface area (Å²) in [6, 6.07) is 0. The van der Waals surface area contributed by atoms with Crippen LogP contribution in [0.2, 0.25) is 0 Å². The van der Waals surface area contributed by atoms with E-state index in [0.29, 0.717) is 39.9 Å². The van der Waals surface area contributed by atoms with Crippen molar-refractivity contribution in [3.63, 3.8) is 0 Å². The molecule has 45 heavy (non-hydrogen) atoms. The molecule has 0 aliphatic heterocycles. The Bertz CT molecular complexity index is 1050. The molecule has 2 unspecified atom stereocenters. The largest absolute Gasteiger partial charge is 0.462 e. The highest BCUT2D eigenvalue weighted by Gasteiger charge is 2.82. The van der Waals surface area contributed by atoms with Gasteiger partial charge in [-0.05, 0) is 130 Å². The number of rotatable bonds is 15. The summed E-state index contributed by atoms with van der Waals surface area (Å²) < 4.78 is 6.36. The van der Waals surface area contributed by atoms with Gasteiger partial charge in [-0.2, -0.15) is 0 Å². The van der Waals surface area contributed by atoms with Crippen molar-refractivity contribution in [2.75, 3.05) is 0 Å². The molecule has 5 fully saturated rings. The van der Waals surface area contributed by atoms with Gasteiger partial charge in [-0.1, -0.05) is 105 Å². The number of carbonyl (C=O) groups excluding carboxylic acids is 1. The van der Waals surface area contributed by atoms with Gasteiger partial charge in [0.05, 0.1) is 5.60 Å². The molecule has 5 aliphatic rings. The van der Waals surface area contributed by atoms with E-state index in [1.807, 2.05) is 19.9 Å². The molecule has 5 saturated carbocycles. The van der Waals surface area contributed by atoms with E-state index in [0.717, 1.165) is 31.1 Å². The first kappa shape index (κ1) is 35.5. The lowest BCUT2D eigenvalue weighted by atomic mass is 9.41. The van der Waals surface area contributed by atoms with Crippen LogP contribution in [-0.2, 0) is 9.53 Å². The van der Waals surface area contributed by atoms with Gasteiger partial charge in [0.15, 0.2) is 0 Å². The Hall–Kier alpha value is -0.830. The molecule has 5 rings (SSSR count). The maximum Gasteiger partial charge on any atom is 0.306 e. The average molecular weight is 625 g/mol. The van der Waals surface area contributed by atoms with E-state index in [-0.39, 0.29) is 17.5 Å². The summed E-state index contributed by atoms with van der Waals surface area (Å²) in [5, 5.41) is 10.2. The number of ether oxygens (including phenoxy) is 1. The highest BCUT2D eigenvalue weighted by Crippen LogP contribution is 2.89. The zero-order chi connectivity index (χ0) is 32.7. The molecule has 0 aromatic rings. The molecular weight excluding hydrogens is 552 g/mol. The van der Waals surface area contributed by atoms with Crippen LogP contribution >= 0.6 is 0 Å². The van der Waals surface area contributed by atoms with Crippen LogP contribution in [0.4, 0.5) is 0 Å². The minimum absolute atomic E-state index is 0.0654. The lowest BCUT2D eigenvalue weighted by molar-refractivity contribution is -0.183. The van der Waals surface area contributed by atoms with Gasteiger partial charge in [-0.3, -0.25) is 4.79 Å². The molecule has 0 radical (unpaired) electrons. The van der Waals surface area contributed by atoms with Gasteiger partial charge < -0.3 is 9.84 Å². The fourth-order valence-corrected chi connectivity index (χ4v) is 13.0. The molecule has 0 aromatic heterocycles. The summed E-state index contributed by atoms with van der Waals surface area (Å²) in [7, 11) is 0. The summed E-state index contributed by atoms with van der Waals surface area (Å²) in [6.45, 7) is 18.8. The van der Waals surface area contributed by atoms with Crippen LogP contribution in [0.15, 0.2) is 12.2 Å². The molecule has 9 atom stereocenters. The van der Waals surface area contributed by atoms with Crippen molar-refractivity contribution in [1.82, 2.24) is 0 Å². The third kappa shape index (κ3) is 6.37. The van der Waals surface area contributed by atoms with E-state index in [9.17, 15) is 9.90 Å². The summed E-state index contributed by atoms with van der Waals surface area (Å²) in [6.07, 6.45) is 29.6. The fourth-order valence-electron chi connectivity index (χ4n) is 13.0. The lowest BCUT2D eigenvalue weighted by Gasteiger charge is -2.63. The van der Waals surface area contributed by atoms with Crippen molar-refractivity contribution in [1.29, 1.82) is 0 Å². The number of hydrogen-bond acceptors (Lipinski definition) is 3. The number of esters is 1. The van der Waals surface area contributed by atoms with Crippen LogP contribution in [0, 0.1) is 50.7 Å². The number of hydrogen-bond donors (Lipinski definition) is 1. The van der Waals surface area contributed by atoms with Crippen molar-refractivity contribution in [2.24, 2.45) is 50.7 Å². The summed E-state index contributed by atoms with van der Waals surface area (Å²) in [5.41, 5.74) is 1.22. The number of allylic oxidation sites excluding steroid dienone is 1. The Morgan fingerprint density at radius 3 is 2.11 bits per heavy atom. The number of aliphatic hydroxyl groups is 1. The van der Waals surface area contributed by atoms with Gasteiger partial charge in [-0.25, -0.2) is 0 Å². The standard InChI is InChI=1S/C42H72O3/c1-9-10-11-12-13-14-15-16-17-20-36(43)45-35-24-27-41-30-42(41)29-28-39(7)32(31(2)19-18-25-37(3,4)44)23-26-40(39,8)34(42)22-21-33(41)38(35,5)6/h18,25,31-35,44H,9-17,19-24,26-30H2,1-8H3/b25-18+/t31-,32-,33?,34?,35+,39-,40+,41-,42+/m1/s1. The van der Waals surface area contributed by atoms with Crippen molar-refractivity contribution in [3.05, 3.63) is 12.2 Å². The third-order valence-electron chi connectivity index (χ3n) is 15.6. The van der Waals surface area contributed by atoms with Crippen molar-refractivity contribution >= 4 is 5.97 Å². The Labute approximate surface area is 278 Å². The zero-order valence-corrected chi connectivity index (χ0v) is 30.9. The maximum atomic E-state index is 13.0. The monoisotopic (exact) mass is 625 g/mol. The van der Waals surface area contributed by atoms with Gasteiger partial charge >= 0.3 is 5.97 Å². The van der Waals surface area contributed by atoms with Gasteiger partial charge in [0.2, 0.25) is 0 Å². The van der Waals surface area contributed by atoms with Crippen LogP contribution in [0.3, 0.4) is 0 Å². The van der Waals surface area contributed by atoms with Crippen molar-refractivity contribution < 1.29 is 14.6 Å². The predicted molar refractivity (Wildman–Crippen MR) is 188 cm³/mol. The van der Waals surface area contributed by atoms with E-state index in [1.165, 1.54) is 103 Å². The average Bonchev–Trinajstić information content (AvgIpc) is 3.54. The fraction of sp³-hybridized carbons (Fsp3) is 0.929. The second kappa shape index (κ2) is 13.2. The molecule has 0 amide bonds.